The van der Waals surface area contributed by atoms with Crippen LogP contribution in [0.5, 0.6) is 0 Å². The number of esters is 1. The van der Waals surface area contributed by atoms with E-state index in [4.69, 9.17) is 0 Å². The lowest BCUT2D eigenvalue weighted by Crippen LogP contribution is -2.25. The highest BCUT2D eigenvalue weighted by Crippen LogP contribution is 2.20. The summed E-state index contributed by atoms with van der Waals surface area (Å²) in [6.07, 6.45) is 9.64. The van der Waals surface area contributed by atoms with Gasteiger partial charge in [-0.3, -0.25) is 4.79 Å². The number of allylic oxidation sites excluding steroid dienone is 1. The molecule has 0 saturated heterocycles. The van der Waals surface area contributed by atoms with Crippen LogP contribution in [0.1, 0.15) is 52.8 Å². The molecule has 0 atom stereocenters. The Hall–Kier alpha value is -3.15. The predicted octanol–water partition coefficient (Wildman–Crippen LogP) is 4.23. The largest absolute Gasteiger partial charge is 0.465 e. The molecule has 2 N–H and O–H groups in total. The molecule has 0 spiro atoms. The molecule has 0 fully saturated rings. The van der Waals surface area contributed by atoms with Gasteiger partial charge in [-0.2, -0.15) is 0 Å². The Morgan fingerprint density at radius 3 is 2.64 bits per heavy atom. The van der Waals surface area contributed by atoms with Crippen LogP contribution in [0.25, 0.3) is 0 Å². The monoisotopic (exact) mass is 379 g/mol. The van der Waals surface area contributed by atoms with E-state index in [0.717, 1.165) is 24.9 Å². The van der Waals surface area contributed by atoms with E-state index in [1.165, 1.54) is 25.5 Å². The summed E-state index contributed by atoms with van der Waals surface area (Å²) in [5.74, 6) is 0.0729. The Morgan fingerprint density at radius 2 is 1.93 bits per heavy atom. The maximum absolute atomic E-state index is 12.4. The minimum atomic E-state index is -0.382. The summed E-state index contributed by atoms with van der Waals surface area (Å²) < 4.78 is 4.69. The van der Waals surface area contributed by atoms with Crippen molar-refractivity contribution in [1.29, 1.82) is 0 Å². The third-order valence-electron chi connectivity index (χ3n) is 4.72. The van der Waals surface area contributed by atoms with Gasteiger partial charge in [0.15, 0.2) is 0 Å². The Balaban J connectivity index is 1.56. The number of aromatic nitrogens is 1. The summed E-state index contributed by atoms with van der Waals surface area (Å²) in [6.45, 7) is 0.644. The topological polar surface area (TPSA) is 80.3 Å². The smallest absolute Gasteiger partial charge is 0.337 e. The standard InChI is InChI=1S/C22H25N3O3/c1-28-22(27)17-7-9-19(10-8-17)25-20-15-18(12-14-23-20)21(26)24-13-11-16-5-3-2-4-6-16/h5,7-10,12,14-15H,2-4,6,11,13H2,1H3,(H,23,25)(H,24,26). The summed E-state index contributed by atoms with van der Waals surface area (Å²) in [5, 5.41) is 6.12. The van der Waals surface area contributed by atoms with Crippen molar-refractivity contribution in [3.63, 3.8) is 0 Å². The van der Waals surface area contributed by atoms with Gasteiger partial charge in [-0.05, 0) is 68.5 Å². The lowest BCUT2D eigenvalue weighted by Gasteiger charge is -2.13. The number of nitrogens with zero attached hydrogens (tertiary/aromatic N) is 1. The molecule has 1 aromatic heterocycles. The first-order valence-corrected chi connectivity index (χ1v) is 9.53. The number of rotatable bonds is 7. The number of anilines is 2. The van der Waals surface area contributed by atoms with Crippen LogP contribution in [-0.4, -0.2) is 30.5 Å². The molecule has 6 nitrogen and oxygen atoms in total. The first-order chi connectivity index (χ1) is 13.7. The van der Waals surface area contributed by atoms with Gasteiger partial charge in [-0.15, -0.1) is 0 Å². The molecule has 0 saturated carbocycles. The van der Waals surface area contributed by atoms with E-state index in [1.54, 1.807) is 42.6 Å². The van der Waals surface area contributed by atoms with Crippen LogP contribution in [-0.2, 0) is 4.74 Å². The maximum Gasteiger partial charge on any atom is 0.337 e. The second kappa shape index (κ2) is 9.69. The number of ether oxygens (including phenoxy) is 1. The molecule has 28 heavy (non-hydrogen) atoms. The highest BCUT2D eigenvalue weighted by Gasteiger charge is 2.09. The van der Waals surface area contributed by atoms with Crippen LogP contribution in [0, 0.1) is 0 Å². The molecule has 1 aromatic carbocycles. The lowest BCUT2D eigenvalue weighted by atomic mass is 9.97. The molecule has 1 aliphatic rings. The van der Waals surface area contributed by atoms with E-state index in [2.05, 4.69) is 26.4 Å². The minimum absolute atomic E-state index is 0.108. The van der Waals surface area contributed by atoms with E-state index >= 15 is 0 Å². The first kappa shape index (κ1) is 19.6. The van der Waals surface area contributed by atoms with Gasteiger partial charge in [0, 0.05) is 24.0 Å². The Labute approximate surface area is 165 Å². The second-order valence-electron chi connectivity index (χ2n) is 6.74. The number of carbonyl (C=O) groups excluding carboxylic acids is 2. The van der Waals surface area contributed by atoms with Crippen molar-refractivity contribution in [3.05, 3.63) is 65.4 Å². The average molecular weight is 379 g/mol. The molecule has 0 bridgehead atoms. The molecular formula is C22H25N3O3. The first-order valence-electron chi connectivity index (χ1n) is 9.53. The van der Waals surface area contributed by atoms with E-state index in [-0.39, 0.29) is 11.9 Å². The van der Waals surface area contributed by atoms with Crippen LogP contribution in [0.4, 0.5) is 11.5 Å². The van der Waals surface area contributed by atoms with Gasteiger partial charge in [0.05, 0.1) is 12.7 Å². The molecule has 0 aliphatic heterocycles. The van der Waals surface area contributed by atoms with Crippen molar-refractivity contribution in [2.45, 2.75) is 32.1 Å². The molecule has 146 valence electrons. The van der Waals surface area contributed by atoms with Crippen molar-refractivity contribution in [2.75, 3.05) is 19.0 Å². The van der Waals surface area contributed by atoms with Crippen LogP contribution >= 0.6 is 0 Å². The van der Waals surface area contributed by atoms with Crippen molar-refractivity contribution in [1.82, 2.24) is 10.3 Å². The molecule has 2 aromatic rings. The normalized spacial score (nSPS) is 13.4. The predicted molar refractivity (Wildman–Crippen MR) is 109 cm³/mol. The number of methoxy groups -OCH3 is 1. The fraction of sp³-hybridized carbons (Fsp3) is 0.318. The number of hydrogen-bond acceptors (Lipinski definition) is 5. The van der Waals surface area contributed by atoms with Gasteiger partial charge in [-0.25, -0.2) is 9.78 Å². The zero-order chi connectivity index (χ0) is 19.8. The van der Waals surface area contributed by atoms with Crippen LogP contribution < -0.4 is 10.6 Å². The van der Waals surface area contributed by atoms with E-state index < -0.39 is 0 Å². The number of nitrogens with one attached hydrogen (secondary N) is 2. The highest BCUT2D eigenvalue weighted by atomic mass is 16.5. The maximum atomic E-state index is 12.4. The van der Waals surface area contributed by atoms with Crippen molar-refractivity contribution >= 4 is 23.4 Å². The number of amides is 1. The van der Waals surface area contributed by atoms with Gasteiger partial charge in [0.2, 0.25) is 0 Å². The van der Waals surface area contributed by atoms with E-state index in [0.29, 0.717) is 23.5 Å². The Morgan fingerprint density at radius 1 is 1.11 bits per heavy atom. The third kappa shape index (κ3) is 5.42. The number of pyridine rings is 1. The van der Waals surface area contributed by atoms with Crippen molar-refractivity contribution in [3.8, 4) is 0 Å². The van der Waals surface area contributed by atoms with Crippen molar-refractivity contribution in [2.24, 2.45) is 0 Å². The van der Waals surface area contributed by atoms with Crippen LogP contribution in [0.2, 0.25) is 0 Å². The minimum Gasteiger partial charge on any atom is -0.465 e. The van der Waals surface area contributed by atoms with Gasteiger partial charge < -0.3 is 15.4 Å². The zero-order valence-electron chi connectivity index (χ0n) is 16.0. The van der Waals surface area contributed by atoms with E-state index in [9.17, 15) is 9.59 Å². The summed E-state index contributed by atoms with van der Waals surface area (Å²) in [6, 6.07) is 10.3. The van der Waals surface area contributed by atoms with Crippen molar-refractivity contribution < 1.29 is 14.3 Å². The molecule has 3 rings (SSSR count). The highest BCUT2D eigenvalue weighted by molar-refractivity contribution is 5.95. The summed E-state index contributed by atoms with van der Waals surface area (Å²) in [7, 11) is 1.35. The number of benzene rings is 1. The van der Waals surface area contributed by atoms with E-state index in [1.807, 2.05) is 0 Å². The quantitative estimate of drug-likeness (QED) is 0.556. The fourth-order valence-electron chi connectivity index (χ4n) is 3.17. The fourth-order valence-corrected chi connectivity index (χ4v) is 3.17. The Bertz CT molecular complexity index is 860. The van der Waals surface area contributed by atoms with Gasteiger partial charge >= 0.3 is 5.97 Å². The van der Waals surface area contributed by atoms with Gasteiger partial charge in [0.25, 0.3) is 5.91 Å². The van der Waals surface area contributed by atoms with Crippen LogP contribution in [0.3, 0.4) is 0 Å². The molecule has 1 amide bonds. The SMILES string of the molecule is COC(=O)c1ccc(Nc2cc(C(=O)NCCC3=CCCCC3)ccn2)cc1. The molecule has 1 aliphatic carbocycles. The number of hydrogen-bond donors (Lipinski definition) is 2. The average Bonchev–Trinajstić information content (AvgIpc) is 2.74. The van der Waals surface area contributed by atoms with Gasteiger partial charge in [-0.1, -0.05) is 11.6 Å². The summed E-state index contributed by atoms with van der Waals surface area (Å²) >= 11 is 0. The van der Waals surface area contributed by atoms with Gasteiger partial charge in [0.1, 0.15) is 5.82 Å². The third-order valence-corrected chi connectivity index (χ3v) is 4.72. The molecular weight excluding hydrogens is 354 g/mol. The number of carbonyl (C=O) groups is 2. The molecule has 0 radical (unpaired) electrons. The molecule has 0 unspecified atom stereocenters. The zero-order valence-corrected chi connectivity index (χ0v) is 16.0. The lowest BCUT2D eigenvalue weighted by molar-refractivity contribution is 0.0600. The van der Waals surface area contributed by atoms with Crippen LogP contribution in [0.15, 0.2) is 54.2 Å². The second-order valence-corrected chi connectivity index (χ2v) is 6.74. The summed E-state index contributed by atoms with van der Waals surface area (Å²) in [4.78, 5) is 28.1. The Kier molecular flexibility index (Phi) is 6.78. The summed E-state index contributed by atoms with van der Waals surface area (Å²) in [5.41, 5.74) is 3.24. The molecule has 1 heterocycles. The molecule has 6 heteroatoms.